The molecule has 1 fully saturated rings. The van der Waals surface area contributed by atoms with E-state index in [1.165, 1.54) is 7.05 Å². The van der Waals surface area contributed by atoms with Crippen LogP contribution in [0.5, 0.6) is 0 Å². The topological polar surface area (TPSA) is 60.9 Å². The van der Waals surface area contributed by atoms with E-state index in [4.69, 9.17) is 11.6 Å². The fraction of sp³-hybridized carbons (Fsp3) is 0.350. The van der Waals surface area contributed by atoms with Gasteiger partial charge in [0, 0.05) is 48.8 Å². The molecule has 1 heterocycles. The lowest BCUT2D eigenvalue weighted by molar-refractivity contribution is -0.131. The minimum atomic E-state index is -3.70. The van der Waals surface area contributed by atoms with Gasteiger partial charge in [0.15, 0.2) is 0 Å². The second-order valence-electron chi connectivity index (χ2n) is 6.78. The Labute approximate surface area is 181 Å². The lowest BCUT2D eigenvalue weighted by Gasteiger charge is -2.36. The number of halogens is 1. The van der Waals surface area contributed by atoms with Crippen LogP contribution in [0.2, 0.25) is 5.02 Å². The lowest BCUT2D eigenvalue weighted by Crippen LogP contribution is -2.51. The normalized spacial score (nSPS) is 15.0. The Bertz CT molecular complexity index is 959. The third-order valence-electron chi connectivity index (χ3n) is 4.93. The highest BCUT2D eigenvalue weighted by molar-refractivity contribution is 7.98. The first-order valence-corrected chi connectivity index (χ1v) is 12.2. The van der Waals surface area contributed by atoms with Gasteiger partial charge in [-0.2, -0.15) is 4.31 Å². The maximum absolute atomic E-state index is 12.7. The van der Waals surface area contributed by atoms with Crippen LogP contribution < -0.4 is 4.90 Å². The summed E-state index contributed by atoms with van der Waals surface area (Å²) in [7, 11) is -2.26. The van der Waals surface area contributed by atoms with E-state index in [0.717, 1.165) is 14.9 Å². The van der Waals surface area contributed by atoms with E-state index in [9.17, 15) is 13.2 Å². The molecule has 1 aliphatic heterocycles. The number of thioether (sulfide) groups is 1. The predicted molar refractivity (Wildman–Crippen MR) is 118 cm³/mol. The summed E-state index contributed by atoms with van der Waals surface area (Å²) in [4.78, 5) is 17.7. The first-order chi connectivity index (χ1) is 13.8. The zero-order valence-corrected chi connectivity index (χ0v) is 18.8. The number of benzene rings is 2. The van der Waals surface area contributed by atoms with Crippen LogP contribution in [0, 0.1) is 0 Å². The molecule has 0 unspecified atom stereocenters. The SMILES string of the molecule is CSc1ccc(S(=O)(=O)N(C)CC(=O)N2CCN(c3cccc(Cl)c3)CC2)cc1. The Hall–Kier alpha value is -1.74. The van der Waals surface area contributed by atoms with Crippen molar-refractivity contribution in [2.75, 3.05) is 50.9 Å². The highest BCUT2D eigenvalue weighted by Crippen LogP contribution is 2.22. The molecule has 0 radical (unpaired) electrons. The number of likely N-dealkylation sites (N-methyl/N-ethyl adjacent to an activating group) is 1. The number of amides is 1. The van der Waals surface area contributed by atoms with E-state index in [0.29, 0.717) is 31.2 Å². The monoisotopic (exact) mass is 453 g/mol. The predicted octanol–water partition coefficient (Wildman–Crippen LogP) is 3.03. The van der Waals surface area contributed by atoms with Crippen LogP contribution in [0.15, 0.2) is 58.3 Å². The summed E-state index contributed by atoms with van der Waals surface area (Å²) in [6.07, 6.45) is 1.93. The van der Waals surface area contributed by atoms with E-state index in [-0.39, 0.29) is 17.3 Å². The standard InChI is InChI=1S/C20H24ClN3O3S2/c1-22(29(26,27)19-8-6-18(28-2)7-9-19)15-20(25)24-12-10-23(11-13-24)17-5-3-4-16(21)14-17/h3-9,14H,10-13,15H2,1-2H3. The number of sulfonamides is 1. The Morgan fingerprint density at radius 1 is 1.10 bits per heavy atom. The average molecular weight is 454 g/mol. The van der Waals surface area contributed by atoms with Gasteiger partial charge in [0.1, 0.15) is 0 Å². The minimum absolute atomic E-state index is 0.177. The van der Waals surface area contributed by atoms with E-state index < -0.39 is 10.0 Å². The molecule has 0 bridgehead atoms. The second kappa shape index (κ2) is 9.38. The molecule has 1 saturated heterocycles. The van der Waals surface area contributed by atoms with E-state index in [2.05, 4.69) is 4.90 Å². The molecule has 29 heavy (non-hydrogen) atoms. The van der Waals surface area contributed by atoms with Gasteiger partial charge in [0.25, 0.3) is 0 Å². The summed E-state index contributed by atoms with van der Waals surface area (Å²) in [6, 6.07) is 14.3. The summed E-state index contributed by atoms with van der Waals surface area (Å²) in [5.74, 6) is -0.192. The number of hydrogen-bond acceptors (Lipinski definition) is 5. The number of hydrogen-bond donors (Lipinski definition) is 0. The number of nitrogens with zero attached hydrogens (tertiary/aromatic N) is 3. The molecule has 0 N–H and O–H groups in total. The van der Waals surface area contributed by atoms with Crippen molar-refractivity contribution >= 4 is 45.0 Å². The number of rotatable bonds is 6. The van der Waals surface area contributed by atoms with Crippen molar-refractivity contribution < 1.29 is 13.2 Å². The van der Waals surface area contributed by atoms with Gasteiger partial charge in [0.2, 0.25) is 15.9 Å². The van der Waals surface area contributed by atoms with Crippen LogP contribution in [-0.4, -0.2) is 69.6 Å². The molecule has 0 atom stereocenters. The molecule has 0 aromatic heterocycles. The van der Waals surface area contributed by atoms with Crippen molar-refractivity contribution in [3.63, 3.8) is 0 Å². The van der Waals surface area contributed by atoms with E-state index in [1.807, 2.05) is 30.5 Å². The van der Waals surface area contributed by atoms with Crippen molar-refractivity contribution in [1.82, 2.24) is 9.21 Å². The maximum Gasteiger partial charge on any atom is 0.243 e. The van der Waals surface area contributed by atoms with Gasteiger partial charge in [-0.05, 0) is 48.7 Å². The zero-order chi connectivity index (χ0) is 21.0. The van der Waals surface area contributed by atoms with Gasteiger partial charge in [-0.1, -0.05) is 17.7 Å². The molecule has 156 valence electrons. The van der Waals surface area contributed by atoms with Gasteiger partial charge >= 0.3 is 0 Å². The Morgan fingerprint density at radius 3 is 2.34 bits per heavy atom. The van der Waals surface area contributed by atoms with Crippen LogP contribution >= 0.6 is 23.4 Å². The quantitative estimate of drug-likeness (QED) is 0.629. The second-order valence-corrected chi connectivity index (χ2v) is 10.1. The molecule has 0 spiro atoms. The third kappa shape index (κ3) is 5.25. The molecule has 6 nitrogen and oxygen atoms in total. The van der Waals surface area contributed by atoms with E-state index in [1.54, 1.807) is 40.9 Å². The maximum atomic E-state index is 12.7. The highest BCUT2D eigenvalue weighted by atomic mass is 35.5. The summed E-state index contributed by atoms with van der Waals surface area (Å²) in [5.41, 5.74) is 1.03. The van der Waals surface area contributed by atoms with Crippen molar-refractivity contribution in [3.8, 4) is 0 Å². The molecule has 9 heteroatoms. The number of carbonyl (C=O) groups is 1. The molecule has 1 aliphatic rings. The first kappa shape index (κ1) is 22.0. The average Bonchev–Trinajstić information content (AvgIpc) is 2.73. The van der Waals surface area contributed by atoms with Crippen molar-refractivity contribution in [1.29, 1.82) is 0 Å². The molecule has 3 rings (SSSR count). The van der Waals surface area contributed by atoms with Crippen molar-refractivity contribution in [2.45, 2.75) is 9.79 Å². The number of piperazine rings is 1. The smallest absolute Gasteiger partial charge is 0.243 e. The summed E-state index contributed by atoms with van der Waals surface area (Å²) >= 11 is 7.60. The van der Waals surface area contributed by atoms with Gasteiger partial charge in [-0.25, -0.2) is 8.42 Å². The molecule has 1 amide bonds. The number of carbonyl (C=O) groups excluding carboxylic acids is 1. The Balaban J connectivity index is 1.58. The zero-order valence-electron chi connectivity index (χ0n) is 16.4. The van der Waals surface area contributed by atoms with Gasteiger partial charge in [0.05, 0.1) is 11.4 Å². The van der Waals surface area contributed by atoms with Crippen LogP contribution in [0.1, 0.15) is 0 Å². The van der Waals surface area contributed by atoms with Crippen LogP contribution in [0.3, 0.4) is 0 Å². The minimum Gasteiger partial charge on any atom is -0.368 e. The van der Waals surface area contributed by atoms with Crippen molar-refractivity contribution in [2.24, 2.45) is 0 Å². The van der Waals surface area contributed by atoms with Crippen LogP contribution in [0.4, 0.5) is 5.69 Å². The molecular weight excluding hydrogens is 430 g/mol. The largest absolute Gasteiger partial charge is 0.368 e. The van der Waals surface area contributed by atoms with Gasteiger partial charge in [-0.3, -0.25) is 4.79 Å². The van der Waals surface area contributed by atoms with Crippen LogP contribution in [-0.2, 0) is 14.8 Å². The fourth-order valence-electron chi connectivity index (χ4n) is 3.19. The Kier molecular flexibility index (Phi) is 7.10. The molecule has 2 aromatic carbocycles. The highest BCUT2D eigenvalue weighted by Gasteiger charge is 2.27. The molecule has 0 aliphatic carbocycles. The summed E-state index contributed by atoms with van der Waals surface area (Å²) < 4.78 is 26.6. The summed E-state index contributed by atoms with van der Waals surface area (Å²) in [6.45, 7) is 2.27. The van der Waals surface area contributed by atoms with E-state index >= 15 is 0 Å². The lowest BCUT2D eigenvalue weighted by atomic mass is 10.2. The fourth-order valence-corrected chi connectivity index (χ4v) is 4.90. The first-order valence-electron chi connectivity index (χ1n) is 9.20. The molecule has 0 saturated carbocycles. The third-order valence-corrected chi connectivity index (χ3v) is 7.73. The van der Waals surface area contributed by atoms with Gasteiger partial charge in [-0.15, -0.1) is 11.8 Å². The van der Waals surface area contributed by atoms with Gasteiger partial charge < -0.3 is 9.80 Å². The summed E-state index contributed by atoms with van der Waals surface area (Å²) in [5, 5.41) is 0.679. The molecule has 2 aromatic rings. The van der Waals surface area contributed by atoms with Crippen molar-refractivity contribution in [3.05, 3.63) is 53.6 Å². The Morgan fingerprint density at radius 2 is 1.76 bits per heavy atom. The number of anilines is 1. The molecular formula is C20H24ClN3O3S2. The van der Waals surface area contributed by atoms with Crippen LogP contribution in [0.25, 0.3) is 0 Å².